The van der Waals surface area contributed by atoms with E-state index < -0.39 is 0 Å². The Bertz CT molecular complexity index is 545. The Balaban J connectivity index is 2.20. The van der Waals surface area contributed by atoms with Crippen LogP contribution in [0.2, 0.25) is 0 Å². The van der Waals surface area contributed by atoms with Gasteiger partial charge >= 0.3 is 0 Å². The van der Waals surface area contributed by atoms with Crippen molar-refractivity contribution in [2.75, 3.05) is 19.6 Å². The number of fused-ring (bicyclic) bond motifs is 1. The van der Waals surface area contributed by atoms with Crippen molar-refractivity contribution >= 4 is 22.5 Å². The molecular formula is C15H19ClN2O. The highest BCUT2D eigenvalue weighted by Gasteiger charge is 2.08. The number of pyridine rings is 1. The van der Waals surface area contributed by atoms with Crippen molar-refractivity contribution in [1.29, 1.82) is 0 Å². The number of aromatic nitrogens is 1. The third kappa shape index (κ3) is 3.66. The Kier molecular flexibility index (Phi) is 5.14. The van der Waals surface area contributed by atoms with Gasteiger partial charge in [0.15, 0.2) is 0 Å². The maximum absolute atomic E-state index is 5.91. The third-order valence-electron chi connectivity index (χ3n) is 3.07. The molecule has 1 atom stereocenters. The van der Waals surface area contributed by atoms with E-state index in [1.807, 2.05) is 25.1 Å². The Morgan fingerprint density at radius 2 is 2.16 bits per heavy atom. The smallest absolute Gasteiger partial charge is 0.0708 e. The average molecular weight is 279 g/mol. The molecule has 102 valence electrons. The van der Waals surface area contributed by atoms with E-state index in [1.54, 1.807) is 7.11 Å². The van der Waals surface area contributed by atoms with E-state index in [-0.39, 0.29) is 6.04 Å². The number of benzene rings is 1. The van der Waals surface area contributed by atoms with Gasteiger partial charge in [-0.05, 0) is 24.6 Å². The molecule has 0 saturated carbocycles. The Morgan fingerprint density at radius 3 is 2.89 bits per heavy atom. The number of nitrogens with zero attached hydrogens (tertiary/aromatic N) is 1. The highest BCUT2D eigenvalue weighted by molar-refractivity contribution is 6.18. The number of ether oxygens (including phenoxy) is 1. The van der Waals surface area contributed by atoms with Crippen molar-refractivity contribution in [3.05, 3.63) is 41.6 Å². The van der Waals surface area contributed by atoms with E-state index >= 15 is 0 Å². The van der Waals surface area contributed by atoms with Crippen LogP contribution in [0.3, 0.4) is 0 Å². The second kappa shape index (κ2) is 6.85. The molecule has 0 radical (unpaired) electrons. The molecule has 0 aliphatic rings. The first-order valence-electron chi connectivity index (χ1n) is 6.38. The van der Waals surface area contributed by atoms with Gasteiger partial charge in [-0.25, -0.2) is 0 Å². The first kappa shape index (κ1) is 14.3. The molecule has 1 aromatic carbocycles. The van der Waals surface area contributed by atoms with Crippen LogP contribution in [0.5, 0.6) is 0 Å². The summed E-state index contributed by atoms with van der Waals surface area (Å²) in [5, 5.41) is 4.61. The second-order valence-corrected chi connectivity index (χ2v) is 4.94. The van der Waals surface area contributed by atoms with Gasteiger partial charge in [0.05, 0.1) is 12.1 Å². The minimum atomic E-state index is 0.166. The number of aryl methyl sites for hydroxylation is 1. The van der Waals surface area contributed by atoms with Crippen molar-refractivity contribution in [1.82, 2.24) is 10.3 Å². The molecule has 0 aliphatic carbocycles. The summed E-state index contributed by atoms with van der Waals surface area (Å²) in [6.45, 7) is 3.40. The van der Waals surface area contributed by atoms with E-state index in [0.29, 0.717) is 12.5 Å². The summed E-state index contributed by atoms with van der Waals surface area (Å²) in [6.07, 6.45) is 0. The standard InChI is InChI=1S/C15H19ClN2O/c1-11-7-12(9-17-13(8-16)10-19-2)14-5-3-4-6-15(14)18-11/h3-7,13,17H,8-10H2,1-2H3. The molecule has 3 nitrogen and oxygen atoms in total. The van der Waals surface area contributed by atoms with Gasteiger partial charge in [-0.15, -0.1) is 11.6 Å². The van der Waals surface area contributed by atoms with E-state index in [9.17, 15) is 0 Å². The molecule has 19 heavy (non-hydrogen) atoms. The monoisotopic (exact) mass is 278 g/mol. The number of methoxy groups -OCH3 is 1. The van der Waals surface area contributed by atoms with Crippen LogP contribution in [0.1, 0.15) is 11.3 Å². The SMILES string of the molecule is COCC(CCl)NCc1cc(C)nc2ccccc12. The molecule has 1 unspecified atom stereocenters. The number of alkyl halides is 1. The molecule has 2 rings (SSSR count). The summed E-state index contributed by atoms with van der Waals surface area (Å²) in [5.41, 5.74) is 3.31. The van der Waals surface area contributed by atoms with Crippen molar-refractivity contribution < 1.29 is 4.74 Å². The zero-order valence-electron chi connectivity index (χ0n) is 11.3. The summed E-state index contributed by atoms with van der Waals surface area (Å²) in [6, 6.07) is 10.5. The summed E-state index contributed by atoms with van der Waals surface area (Å²) in [4.78, 5) is 4.54. The maximum atomic E-state index is 5.91. The number of hydrogen-bond acceptors (Lipinski definition) is 3. The molecule has 1 heterocycles. The fourth-order valence-corrected chi connectivity index (χ4v) is 2.35. The van der Waals surface area contributed by atoms with Gasteiger partial charge < -0.3 is 10.1 Å². The molecular weight excluding hydrogens is 260 g/mol. The van der Waals surface area contributed by atoms with Crippen molar-refractivity contribution in [2.24, 2.45) is 0 Å². The van der Waals surface area contributed by atoms with E-state index in [4.69, 9.17) is 16.3 Å². The lowest BCUT2D eigenvalue weighted by atomic mass is 10.1. The number of hydrogen-bond donors (Lipinski definition) is 1. The zero-order chi connectivity index (χ0) is 13.7. The number of halogens is 1. The van der Waals surface area contributed by atoms with Crippen LogP contribution in [0.4, 0.5) is 0 Å². The van der Waals surface area contributed by atoms with Gasteiger partial charge in [0.1, 0.15) is 0 Å². The normalized spacial score (nSPS) is 12.8. The Morgan fingerprint density at radius 1 is 1.37 bits per heavy atom. The predicted molar refractivity (Wildman–Crippen MR) is 79.7 cm³/mol. The summed E-state index contributed by atoms with van der Waals surface area (Å²) in [5.74, 6) is 0.538. The molecule has 2 aromatic rings. The molecule has 0 bridgehead atoms. The topological polar surface area (TPSA) is 34.1 Å². The molecule has 0 amide bonds. The quantitative estimate of drug-likeness (QED) is 0.825. The van der Waals surface area contributed by atoms with E-state index in [2.05, 4.69) is 22.4 Å². The second-order valence-electron chi connectivity index (χ2n) is 4.63. The van der Waals surface area contributed by atoms with Gasteiger partial charge in [-0.3, -0.25) is 4.98 Å². The van der Waals surface area contributed by atoms with Gasteiger partial charge in [-0.1, -0.05) is 18.2 Å². The number of nitrogens with one attached hydrogen (secondary N) is 1. The third-order valence-corrected chi connectivity index (χ3v) is 3.44. The zero-order valence-corrected chi connectivity index (χ0v) is 12.1. The molecule has 1 N–H and O–H groups in total. The summed E-state index contributed by atoms with van der Waals surface area (Å²) >= 11 is 5.91. The summed E-state index contributed by atoms with van der Waals surface area (Å²) in [7, 11) is 1.69. The highest BCUT2D eigenvalue weighted by atomic mass is 35.5. The summed E-state index contributed by atoms with van der Waals surface area (Å²) < 4.78 is 5.14. The van der Waals surface area contributed by atoms with E-state index in [0.717, 1.165) is 17.8 Å². The van der Waals surface area contributed by atoms with Crippen molar-refractivity contribution in [3.63, 3.8) is 0 Å². The van der Waals surface area contributed by atoms with Crippen LogP contribution in [-0.2, 0) is 11.3 Å². The van der Waals surface area contributed by atoms with Crippen LogP contribution in [0, 0.1) is 6.92 Å². The lowest BCUT2D eigenvalue weighted by Gasteiger charge is -2.16. The lowest BCUT2D eigenvalue weighted by Crippen LogP contribution is -2.34. The lowest BCUT2D eigenvalue weighted by molar-refractivity contribution is 0.173. The predicted octanol–water partition coefficient (Wildman–Crippen LogP) is 2.89. The average Bonchev–Trinajstić information content (AvgIpc) is 2.43. The molecule has 0 aliphatic heterocycles. The molecule has 1 aromatic heterocycles. The Hall–Kier alpha value is -1.16. The van der Waals surface area contributed by atoms with Crippen molar-refractivity contribution in [2.45, 2.75) is 19.5 Å². The first-order valence-corrected chi connectivity index (χ1v) is 6.91. The van der Waals surface area contributed by atoms with Gasteiger partial charge in [0.2, 0.25) is 0 Å². The maximum Gasteiger partial charge on any atom is 0.0708 e. The minimum Gasteiger partial charge on any atom is -0.383 e. The van der Waals surface area contributed by atoms with Crippen molar-refractivity contribution in [3.8, 4) is 0 Å². The van der Waals surface area contributed by atoms with Gasteiger partial charge in [-0.2, -0.15) is 0 Å². The first-order chi connectivity index (χ1) is 9.24. The van der Waals surface area contributed by atoms with Crippen LogP contribution in [0.25, 0.3) is 10.9 Å². The van der Waals surface area contributed by atoms with E-state index in [1.165, 1.54) is 10.9 Å². The molecule has 0 saturated heterocycles. The molecule has 0 spiro atoms. The number of para-hydroxylation sites is 1. The largest absolute Gasteiger partial charge is 0.383 e. The highest BCUT2D eigenvalue weighted by Crippen LogP contribution is 2.18. The van der Waals surface area contributed by atoms with Crippen LogP contribution in [0.15, 0.2) is 30.3 Å². The fraction of sp³-hybridized carbons (Fsp3) is 0.400. The van der Waals surface area contributed by atoms with Gasteiger partial charge in [0, 0.05) is 36.7 Å². The fourth-order valence-electron chi connectivity index (χ4n) is 2.15. The van der Waals surface area contributed by atoms with Crippen LogP contribution < -0.4 is 5.32 Å². The minimum absolute atomic E-state index is 0.166. The van der Waals surface area contributed by atoms with Gasteiger partial charge in [0.25, 0.3) is 0 Å². The van der Waals surface area contributed by atoms with Crippen LogP contribution in [-0.4, -0.2) is 30.6 Å². The Labute approximate surface area is 118 Å². The number of rotatable bonds is 6. The van der Waals surface area contributed by atoms with Crippen LogP contribution >= 0.6 is 11.6 Å². The molecule has 0 fully saturated rings. The molecule has 4 heteroatoms.